The maximum atomic E-state index is 4.44. The fraction of sp³-hybridized carbons (Fsp3) is 0.500. The molecule has 0 aliphatic carbocycles. The lowest BCUT2D eigenvalue weighted by Gasteiger charge is -2.15. The summed E-state index contributed by atoms with van der Waals surface area (Å²) in [7, 11) is 0. The number of aromatic nitrogens is 3. The van der Waals surface area contributed by atoms with Crippen molar-refractivity contribution in [2.75, 3.05) is 5.33 Å². The Morgan fingerprint density at radius 3 is 2.71 bits per heavy atom. The lowest BCUT2D eigenvalue weighted by atomic mass is 9.98. The number of benzene rings is 1. The van der Waals surface area contributed by atoms with Gasteiger partial charge in [0.1, 0.15) is 12.2 Å². The second kappa shape index (κ2) is 8.08. The zero-order valence-electron chi connectivity index (χ0n) is 12.5. The summed E-state index contributed by atoms with van der Waals surface area (Å²) in [6.45, 7) is 5.34. The van der Waals surface area contributed by atoms with Gasteiger partial charge in [0.25, 0.3) is 0 Å². The third-order valence-electron chi connectivity index (χ3n) is 3.34. The van der Waals surface area contributed by atoms with E-state index in [-0.39, 0.29) is 0 Å². The van der Waals surface area contributed by atoms with Gasteiger partial charge in [0.2, 0.25) is 0 Å². The molecule has 0 saturated carbocycles. The predicted octanol–water partition coefficient (Wildman–Crippen LogP) is 4.49. The van der Waals surface area contributed by atoms with Crippen LogP contribution in [-0.4, -0.2) is 20.1 Å². The molecule has 0 saturated heterocycles. The number of nitrogens with zero attached hydrogens (tertiary/aromatic N) is 3. The lowest BCUT2D eigenvalue weighted by molar-refractivity contribution is 0.448. The summed E-state index contributed by atoms with van der Waals surface area (Å²) >= 11 is 7.18. The molecule has 2 rings (SSSR count). The Hall–Kier alpha value is -0.680. The molecular formula is C16H21Br2N3. The van der Waals surface area contributed by atoms with Gasteiger partial charge in [-0.1, -0.05) is 57.8 Å². The minimum atomic E-state index is 0.523. The molecule has 5 heteroatoms. The molecule has 0 fully saturated rings. The van der Waals surface area contributed by atoms with Crippen LogP contribution in [0.3, 0.4) is 0 Å². The molecule has 1 unspecified atom stereocenters. The largest absolute Gasteiger partial charge is 0.250 e. The van der Waals surface area contributed by atoms with Gasteiger partial charge >= 0.3 is 0 Å². The van der Waals surface area contributed by atoms with Crippen molar-refractivity contribution in [3.63, 3.8) is 0 Å². The van der Waals surface area contributed by atoms with E-state index in [0.29, 0.717) is 11.8 Å². The van der Waals surface area contributed by atoms with E-state index in [2.05, 4.69) is 80.1 Å². The standard InChI is InChI=1S/C16H21Br2N3/c1-12(2)10-21-16(19-11-20-21)8-14(9-17)6-13-4-3-5-15(18)7-13/h3-5,7,11-12,14H,6,8-10H2,1-2H3. The molecule has 0 spiro atoms. The van der Waals surface area contributed by atoms with Gasteiger partial charge in [-0.2, -0.15) is 5.10 Å². The van der Waals surface area contributed by atoms with Gasteiger partial charge in [0.15, 0.2) is 0 Å². The van der Waals surface area contributed by atoms with Gasteiger partial charge in [0, 0.05) is 22.8 Å². The minimum Gasteiger partial charge on any atom is -0.250 e. The molecule has 3 nitrogen and oxygen atoms in total. The summed E-state index contributed by atoms with van der Waals surface area (Å²) in [5.74, 6) is 2.19. The van der Waals surface area contributed by atoms with E-state index in [9.17, 15) is 0 Å². The van der Waals surface area contributed by atoms with Crippen LogP contribution >= 0.6 is 31.9 Å². The SMILES string of the molecule is CC(C)Cn1ncnc1CC(CBr)Cc1cccc(Br)c1. The van der Waals surface area contributed by atoms with E-state index in [1.54, 1.807) is 6.33 Å². The molecule has 114 valence electrons. The fourth-order valence-electron chi connectivity index (χ4n) is 2.38. The van der Waals surface area contributed by atoms with Crippen LogP contribution in [0.1, 0.15) is 25.2 Å². The normalized spacial score (nSPS) is 12.8. The molecule has 1 aromatic carbocycles. The van der Waals surface area contributed by atoms with Crippen LogP contribution < -0.4 is 0 Å². The summed E-state index contributed by atoms with van der Waals surface area (Å²) in [6.07, 6.45) is 3.66. The Balaban J connectivity index is 2.04. The lowest BCUT2D eigenvalue weighted by Crippen LogP contribution is -2.16. The van der Waals surface area contributed by atoms with Crippen molar-refractivity contribution in [1.82, 2.24) is 14.8 Å². The van der Waals surface area contributed by atoms with Crippen LogP contribution in [0.5, 0.6) is 0 Å². The third-order valence-corrected chi connectivity index (χ3v) is 4.75. The van der Waals surface area contributed by atoms with E-state index in [0.717, 1.165) is 35.0 Å². The highest BCUT2D eigenvalue weighted by Crippen LogP contribution is 2.19. The van der Waals surface area contributed by atoms with Crippen molar-refractivity contribution in [2.24, 2.45) is 11.8 Å². The van der Waals surface area contributed by atoms with Gasteiger partial charge in [-0.15, -0.1) is 0 Å². The van der Waals surface area contributed by atoms with Crippen molar-refractivity contribution >= 4 is 31.9 Å². The van der Waals surface area contributed by atoms with Crippen LogP contribution in [0.25, 0.3) is 0 Å². The van der Waals surface area contributed by atoms with E-state index in [1.165, 1.54) is 5.56 Å². The molecule has 0 aliphatic rings. The molecule has 1 aromatic heterocycles. The average molecular weight is 415 g/mol. The maximum absolute atomic E-state index is 4.44. The van der Waals surface area contributed by atoms with Crippen molar-refractivity contribution in [1.29, 1.82) is 0 Å². The van der Waals surface area contributed by atoms with Crippen molar-refractivity contribution in [3.8, 4) is 0 Å². The number of rotatable bonds is 7. The Labute approximate surface area is 143 Å². The number of hydrogen-bond donors (Lipinski definition) is 0. The summed E-state index contributed by atoms with van der Waals surface area (Å²) in [5, 5.41) is 5.31. The summed E-state index contributed by atoms with van der Waals surface area (Å²) in [4.78, 5) is 4.44. The predicted molar refractivity (Wildman–Crippen MR) is 93.7 cm³/mol. The Morgan fingerprint density at radius 2 is 2.05 bits per heavy atom. The van der Waals surface area contributed by atoms with E-state index >= 15 is 0 Å². The molecule has 21 heavy (non-hydrogen) atoms. The fourth-order valence-corrected chi connectivity index (χ4v) is 3.29. The van der Waals surface area contributed by atoms with Crippen LogP contribution in [0, 0.1) is 11.8 Å². The summed E-state index contributed by atoms with van der Waals surface area (Å²) < 4.78 is 3.18. The zero-order chi connectivity index (χ0) is 15.2. The topological polar surface area (TPSA) is 30.7 Å². The highest BCUT2D eigenvalue weighted by Gasteiger charge is 2.14. The van der Waals surface area contributed by atoms with E-state index < -0.39 is 0 Å². The first-order valence-corrected chi connectivity index (χ1v) is 9.17. The average Bonchev–Trinajstić information content (AvgIpc) is 2.84. The number of hydrogen-bond acceptors (Lipinski definition) is 2. The first kappa shape index (κ1) is 16.7. The van der Waals surface area contributed by atoms with Gasteiger partial charge in [-0.25, -0.2) is 9.67 Å². The van der Waals surface area contributed by atoms with Crippen molar-refractivity contribution in [3.05, 3.63) is 46.5 Å². The molecule has 0 bridgehead atoms. The van der Waals surface area contributed by atoms with Crippen molar-refractivity contribution < 1.29 is 0 Å². The molecule has 1 heterocycles. The smallest absolute Gasteiger partial charge is 0.138 e. The minimum absolute atomic E-state index is 0.523. The Morgan fingerprint density at radius 1 is 1.24 bits per heavy atom. The van der Waals surface area contributed by atoms with E-state index in [1.807, 2.05) is 4.68 Å². The highest BCUT2D eigenvalue weighted by atomic mass is 79.9. The van der Waals surface area contributed by atoms with Crippen molar-refractivity contribution in [2.45, 2.75) is 33.2 Å². The molecule has 1 atom stereocenters. The molecule has 0 amide bonds. The molecule has 0 radical (unpaired) electrons. The summed E-state index contributed by atoms with van der Waals surface area (Å²) in [5.41, 5.74) is 1.35. The van der Waals surface area contributed by atoms with Crippen LogP contribution in [0.4, 0.5) is 0 Å². The van der Waals surface area contributed by atoms with Crippen LogP contribution in [0.2, 0.25) is 0 Å². The molecule has 0 N–H and O–H groups in total. The van der Waals surface area contributed by atoms with Gasteiger partial charge in [-0.05, 0) is 36.0 Å². The molecule has 0 aliphatic heterocycles. The first-order valence-electron chi connectivity index (χ1n) is 7.25. The van der Waals surface area contributed by atoms with Gasteiger partial charge in [-0.3, -0.25) is 0 Å². The molecular weight excluding hydrogens is 394 g/mol. The second-order valence-corrected chi connectivity index (χ2v) is 7.37. The monoisotopic (exact) mass is 413 g/mol. The zero-order valence-corrected chi connectivity index (χ0v) is 15.6. The first-order chi connectivity index (χ1) is 10.1. The Kier molecular flexibility index (Phi) is 6.42. The van der Waals surface area contributed by atoms with E-state index in [4.69, 9.17) is 0 Å². The number of halogens is 2. The third kappa shape index (κ3) is 5.22. The maximum Gasteiger partial charge on any atom is 0.138 e. The summed E-state index contributed by atoms with van der Waals surface area (Å²) in [6, 6.07) is 8.52. The quantitative estimate of drug-likeness (QED) is 0.624. The Bertz CT molecular complexity index is 566. The van der Waals surface area contributed by atoms with Gasteiger partial charge < -0.3 is 0 Å². The van der Waals surface area contributed by atoms with Crippen LogP contribution in [0.15, 0.2) is 35.1 Å². The van der Waals surface area contributed by atoms with Gasteiger partial charge in [0.05, 0.1) is 0 Å². The second-order valence-electron chi connectivity index (χ2n) is 5.81. The van der Waals surface area contributed by atoms with Crippen LogP contribution in [-0.2, 0) is 19.4 Å². The number of alkyl halides is 1. The molecule has 2 aromatic rings. The highest BCUT2D eigenvalue weighted by molar-refractivity contribution is 9.10.